The zero-order valence-corrected chi connectivity index (χ0v) is 15.7. The van der Waals surface area contributed by atoms with Gasteiger partial charge in [0.2, 0.25) is 0 Å². The van der Waals surface area contributed by atoms with Gasteiger partial charge in [-0.25, -0.2) is 14.6 Å². The van der Waals surface area contributed by atoms with Crippen molar-refractivity contribution in [2.24, 2.45) is 0 Å². The lowest BCUT2D eigenvalue weighted by Gasteiger charge is -2.26. The quantitative estimate of drug-likeness (QED) is 0.789. The van der Waals surface area contributed by atoms with Crippen LogP contribution in [0, 0.1) is 0 Å². The molecule has 0 saturated carbocycles. The van der Waals surface area contributed by atoms with Gasteiger partial charge in [-0.1, -0.05) is 0 Å². The highest BCUT2D eigenvalue weighted by Crippen LogP contribution is 2.25. The van der Waals surface area contributed by atoms with Crippen LogP contribution in [-0.4, -0.2) is 45.2 Å². The van der Waals surface area contributed by atoms with Gasteiger partial charge in [0.1, 0.15) is 12.4 Å². The third-order valence-electron chi connectivity index (χ3n) is 4.92. The van der Waals surface area contributed by atoms with E-state index in [0.717, 1.165) is 54.4 Å². The maximum absolute atomic E-state index is 12.5. The number of rotatable bonds is 5. The highest BCUT2D eigenvalue weighted by molar-refractivity contribution is 7.98. The van der Waals surface area contributed by atoms with Crippen molar-refractivity contribution in [2.45, 2.75) is 44.2 Å². The van der Waals surface area contributed by atoms with E-state index in [9.17, 15) is 4.79 Å². The van der Waals surface area contributed by atoms with Crippen LogP contribution < -0.4 is 10.5 Å². The van der Waals surface area contributed by atoms with Crippen molar-refractivity contribution in [2.75, 3.05) is 24.3 Å². The molecule has 26 heavy (non-hydrogen) atoms. The Kier molecular flexibility index (Phi) is 5.21. The van der Waals surface area contributed by atoms with Gasteiger partial charge in [0, 0.05) is 38.1 Å². The Bertz CT molecular complexity index is 841. The molecule has 0 spiro atoms. The average molecular weight is 373 g/mol. The fourth-order valence-corrected chi connectivity index (χ4v) is 4.61. The predicted octanol–water partition coefficient (Wildman–Crippen LogP) is 1.64. The summed E-state index contributed by atoms with van der Waals surface area (Å²) in [6, 6.07) is 3.92. The van der Waals surface area contributed by atoms with Crippen molar-refractivity contribution in [1.29, 1.82) is 0 Å². The van der Waals surface area contributed by atoms with E-state index in [-0.39, 0.29) is 11.6 Å². The van der Waals surface area contributed by atoms with E-state index in [1.54, 1.807) is 24.1 Å². The highest BCUT2D eigenvalue weighted by Gasteiger charge is 2.27. The molecule has 8 heteroatoms. The van der Waals surface area contributed by atoms with Crippen molar-refractivity contribution in [1.82, 2.24) is 19.7 Å². The summed E-state index contributed by atoms with van der Waals surface area (Å²) in [6.45, 7) is 1.93. The number of fused-ring (bicyclic) bond motifs is 1. The first-order valence-corrected chi connectivity index (χ1v) is 10.2. The summed E-state index contributed by atoms with van der Waals surface area (Å²) in [7, 11) is 1.64. The Morgan fingerprint density at radius 3 is 3.23 bits per heavy atom. The first-order valence-electron chi connectivity index (χ1n) is 9.00. The molecule has 4 heterocycles. The lowest BCUT2D eigenvalue weighted by Crippen LogP contribution is -2.38. The molecule has 1 unspecified atom stereocenters. The van der Waals surface area contributed by atoms with Crippen molar-refractivity contribution in [3.63, 3.8) is 0 Å². The third-order valence-corrected chi connectivity index (χ3v) is 5.93. The smallest absolute Gasteiger partial charge is 0.267 e. The number of aromatic nitrogens is 4. The van der Waals surface area contributed by atoms with Gasteiger partial charge in [-0.2, -0.15) is 16.9 Å². The van der Waals surface area contributed by atoms with Crippen LogP contribution in [0.25, 0.3) is 0 Å². The van der Waals surface area contributed by atoms with E-state index < -0.39 is 0 Å². The van der Waals surface area contributed by atoms with Gasteiger partial charge < -0.3 is 9.64 Å². The van der Waals surface area contributed by atoms with E-state index in [1.165, 1.54) is 0 Å². The largest absolute Gasteiger partial charge is 0.377 e. The topological polar surface area (TPSA) is 73.1 Å². The Balaban J connectivity index is 1.56. The van der Waals surface area contributed by atoms with Gasteiger partial charge >= 0.3 is 0 Å². The van der Waals surface area contributed by atoms with Crippen LogP contribution in [0.3, 0.4) is 0 Å². The molecule has 0 bridgehead atoms. The molecule has 0 aromatic carbocycles. The molecular weight excluding hydrogens is 350 g/mol. The molecule has 0 radical (unpaired) electrons. The Morgan fingerprint density at radius 2 is 2.35 bits per heavy atom. The van der Waals surface area contributed by atoms with Gasteiger partial charge in [-0.05, 0) is 30.2 Å². The molecule has 1 saturated heterocycles. The normalized spacial score (nSPS) is 19.6. The number of hydrogen-bond donors (Lipinski definition) is 0. The van der Waals surface area contributed by atoms with Gasteiger partial charge in [0.05, 0.1) is 18.3 Å². The molecule has 2 aliphatic heterocycles. The molecule has 2 aromatic heterocycles. The summed E-state index contributed by atoms with van der Waals surface area (Å²) in [6.07, 6.45) is 4.84. The van der Waals surface area contributed by atoms with Crippen LogP contribution in [-0.2, 0) is 30.1 Å². The molecule has 0 amide bonds. The first kappa shape index (κ1) is 17.5. The summed E-state index contributed by atoms with van der Waals surface area (Å²) in [4.78, 5) is 23.6. The monoisotopic (exact) mass is 373 g/mol. The lowest BCUT2D eigenvalue weighted by atomic mass is 10.2. The minimum absolute atomic E-state index is 0.000796. The Morgan fingerprint density at radius 1 is 1.42 bits per heavy atom. The molecule has 1 fully saturated rings. The molecule has 4 rings (SSSR count). The number of anilines is 1. The van der Waals surface area contributed by atoms with Crippen LogP contribution >= 0.6 is 11.8 Å². The van der Waals surface area contributed by atoms with Crippen molar-refractivity contribution >= 4 is 17.6 Å². The van der Waals surface area contributed by atoms with E-state index in [2.05, 4.69) is 20.0 Å². The SMILES string of the molecule is COCc1nccc(N2CCCC2Cn2nc3c(cc2=O)CSCC3)n1. The van der Waals surface area contributed by atoms with Crippen LogP contribution in [0.1, 0.15) is 29.9 Å². The number of nitrogens with zero attached hydrogens (tertiary/aromatic N) is 5. The maximum atomic E-state index is 12.5. The van der Waals surface area contributed by atoms with Crippen molar-refractivity contribution in [3.05, 3.63) is 45.8 Å². The zero-order chi connectivity index (χ0) is 17.9. The summed E-state index contributed by atoms with van der Waals surface area (Å²) in [5, 5.41) is 4.66. The number of thioether (sulfide) groups is 1. The lowest BCUT2D eigenvalue weighted by molar-refractivity contribution is 0.178. The van der Waals surface area contributed by atoms with E-state index in [4.69, 9.17) is 4.74 Å². The minimum atomic E-state index is 0.000796. The molecule has 7 nitrogen and oxygen atoms in total. The molecule has 1 atom stereocenters. The van der Waals surface area contributed by atoms with E-state index >= 15 is 0 Å². The second-order valence-electron chi connectivity index (χ2n) is 6.69. The third kappa shape index (κ3) is 3.61. The minimum Gasteiger partial charge on any atom is -0.377 e. The van der Waals surface area contributed by atoms with Crippen LogP contribution in [0.5, 0.6) is 0 Å². The summed E-state index contributed by atoms with van der Waals surface area (Å²) in [5.41, 5.74) is 2.18. The van der Waals surface area contributed by atoms with Crippen LogP contribution in [0.4, 0.5) is 5.82 Å². The second-order valence-corrected chi connectivity index (χ2v) is 7.80. The van der Waals surface area contributed by atoms with Crippen LogP contribution in [0.15, 0.2) is 23.1 Å². The predicted molar refractivity (Wildman–Crippen MR) is 101 cm³/mol. The maximum Gasteiger partial charge on any atom is 0.267 e. The fraction of sp³-hybridized carbons (Fsp3) is 0.556. The summed E-state index contributed by atoms with van der Waals surface area (Å²) < 4.78 is 6.78. The number of methoxy groups -OCH3 is 1. The molecule has 2 aliphatic rings. The molecule has 138 valence electrons. The molecular formula is C18H23N5O2S. The molecule has 0 aliphatic carbocycles. The van der Waals surface area contributed by atoms with Crippen molar-refractivity contribution < 1.29 is 4.74 Å². The number of aryl methyl sites for hydroxylation is 1. The van der Waals surface area contributed by atoms with Crippen LogP contribution in [0.2, 0.25) is 0 Å². The van der Waals surface area contributed by atoms with Crippen molar-refractivity contribution in [3.8, 4) is 0 Å². The Labute approximate surface area is 156 Å². The summed E-state index contributed by atoms with van der Waals surface area (Å²) >= 11 is 1.87. The standard InChI is InChI=1S/C18H23N5O2S/c1-25-11-16-19-6-4-17(20-16)22-7-2-3-14(22)10-23-18(24)9-13-12-26-8-5-15(13)21-23/h4,6,9,14H,2-3,5,7-8,10-12H2,1H3. The zero-order valence-electron chi connectivity index (χ0n) is 14.9. The average Bonchev–Trinajstić information content (AvgIpc) is 3.11. The van der Waals surface area contributed by atoms with E-state index in [1.807, 2.05) is 17.8 Å². The van der Waals surface area contributed by atoms with E-state index in [0.29, 0.717) is 19.0 Å². The van der Waals surface area contributed by atoms with Gasteiger partial charge in [0.25, 0.3) is 5.56 Å². The fourth-order valence-electron chi connectivity index (χ4n) is 3.66. The first-order chi connectivity index (χ1) is 12.7. The second kappa shape index (κ2) is 7.75. The van der Waals surface area contributed by atoms with Gasteiger partial charge in [-0.15, -0.1) is 0 Å². The number of ether oxygens (including phenoxy) is 1. The number of hydrogen-bond acceptors (Lipinski definition) is 7. The van der Waals surface area contributed by atoms with Gasteiger partial charge in [-0.3, -0.25) is 4.79 Å². The van der Waals surface area contributed by atoms with Gasteiger partial charge in [0.15, 0.2) is 5.82 Å². The summed E-state index contributed by atoms with van der Waals surface area (Å²) in [5.74, 6) is 3.56. The Hall–Kier alpha value is -1.93. The molecule has 2 aromatic rings. The highest BCUT2D eigenvalue weighted by atomic mass is 32.2. The molecule has 0 N–H and O–H groups in total.